The van der Waals surface area contributed by atoms with Gasteiger partial charge in [-0.15, -0.1) is 11.3 Å². The largest absolute Gasteiger partial charge is 0.355 e. The van der Waals surface area contributed by atoms with Crippen LogP contribution in [0.4, 0.5) is 5.82 Å². The second-order valence-corrected chi connectivity index (χ2v) is 8.63. The van der Waals surface area contributed by atoms with Crippen LogP contribution in [0.15, 0.2) is 41.8 Å². The van der Waals surface area contributed by atoms with Crippen LogP contribution in [0.5, 0.6) is 0 Å². The van der Waals surface area contributed by atoms with Crippen molar-refractivity contribution in [2.75, 3.05) is 18.0 Å². The second kappa shape index (κ2) is 9.15. The molecule has 0 saturated heterocycles. The monoisotopic (exact) mass is 396 g/mol. The lowest BCUT2D eigenvalue weighted by atomic mass is 10.1. The number of para-hydroxylation sites is 1. The van der Waals surface area contributed by atoms with Gasteiger partial charge in [0.05, 0.1) is 10.4 Å². The van der Waals surface area contributed by atoms with E-state index in [0.29, 0.717) is 18.9 Å². The molecule has 0 radical (unpaired) electrons. The maximum atomic E-state index is 12.2. The van der Waals surface area contributed by atoms with Crippen LogP contribution >= 0.6 is 11.3 Å². The summed E-state index contributed by atoms with van der Waals surface area (Å²) in [6, 6.07) is 12.3. The van der Waals surface area contributed by atoms with Crippen LogP contribution < -0.4 is 10.2 Å². The van der Waals surface area contributed by atoms with Crippen molar-refractivity contribution >= 4 is 34.0 Å². The van der Waals surface area contributed by atoms with Crippen LogP contribution in [-0.4, -0.2) is 35.0 Å². The minimum absolute atomic E-state index is 0.0700. The molecular weight excluding hydrogens is 368 g/mol. The Hall–Kier alpha value is -2.47. The van der Waals surface area contributed by atoms with Crippen LogP contribution in [-0.2, 0) is 4.79 Å². The molecule has 0 aliphatic carbocycles. The van der Waals surface area contributed by atoms with Crippen molar-refractivity contribution in [3.63, 3.8) is 0 Å². The summed E-state index contributed by atoms with van der Waals surface area (Å²) in [6.45, 7) is 9.79. The van der Waals surface area contributed by atoms with Crippen molar-refractivity contribution in [1.82, 2.24) is 15.3 Å². The number of hydrogen-bond donors (Lipinski definition) is 1. The van der Waals surface area contributed by atoms with Crippen LogP contribution in [0.3, 0.4) is 0 Å². The molecule has 0 spiro atoms. The summed E-state index contributed by atoms with van der Waals surface area (Å²) in [4.78, 5) is 25.2. The number of carbonyl (C=O) groups is 1. The summed E-state index contributed by atoms with van der Waals surface area (Å²) in [5, 5.41) is 6.04. The molecule has 0 unspecified atom stereocenters. The number of hydrogen-bond acceptors (Lipinski definition) is 5. The molecule has 5 nitrogen and oxygen atoms in total. The summed E-state index contributed by atoms with van der Waals surface area (Å²) < 4.78 is 0. The number of benzene rings is 1. The summed E-state index contributed by atoms with van der Waals surface area (Å²) in [7, 11) is 0. The average molecular weight is 397 g/mol. The number of amides is 1. The fraction of sp³-hybridized carbons (Fsp3) is 0.409. The van der Waals surface area contributed by atoms with Crippen LogP contribution in [0, 0.1) is 5.92 Å². The first-order valence-corrected chi connectivity index (χ1v) is 10.7. The highest BCUT2D eigenvalue weighted by Crippen LogP contribution is 2.30. The molecule has 1 amide bonds. The van der Waals surface area contributed by atoms with Gasteiger partial charge in [0.1, 0.15) is 5.82 Å². The molecule has 2 aromatic heterocycles. The van der Waals surface area contributed by atoms with E-state index in [1.807, 2.05) is 49.6 Å². The van der Waals surface area contributed by atoms with Crippen molar-refractivity contribution in [3.05, 3.63) is 41.8 Å². The van der Waals surface area contributed by atoms with Gasteiger partial charge in [0, 0.05) is 30.9 Å². The van der Waals surface area contributed by atoms with E-state index in [4.69, 9.17) is 9.97 Å². The molecule has 28 heavy (non-hydrogen) atoms. The highest BCUT2D eigenvalue weighted by molar-refractivity contribution is 7.13. The zero-order chi connectivity index (χ0) is 20.1. The molecule has 0 aliphatic rings. The third-order valence-corrected chi connectivity index (χ3v) is 5.13. The standard InChI is InChI=1S/C22H28N4OS/c1-15(2)14-26(12-11-20(27)23-16(3)4)22-17-8-5-6-9-18(17)24-21(25-22)19-10-7-13-28-19/h5-10,13,15-16H,11-12,14H2,1-4H3,(H,23,27). The van der Waals surface area contributed by atoms with E-state index in [9.17, 15) is 4.79 Å². The first-order chi connectivity index (χ1) is 13.4. The number of nitrogens with one attached hydrogen (secondary N) is 1. The quantitative estimate of drug-likeness (QED) is 0.598. The summed E-state index contributed by atoms with van der Waals surface area (Å²) in [6.07, 6.45) is 0.442. The number of fused-ring (bicyclic) bond motifs is 1. The van der Waals surface area contributed by atoms with Crippen LogP contribution in [0.1, 0.15) is 34.1 Å². The Morgan fingerprint density at radius 2 is 1.89 bits per heavy atom. The van der Waals surface area contributed by atoms with Gasteiger partial charge in [-0.05, 0) is 43.3 Å². The van der Waals surface area contributed by atoms with Gasteiger partial charge in [0.25, 0.3) is 0 Å². The van der Waals surface area contributed by atoms with E-state index in [1.165, 1.54) is 0 Å². The molecule has 148 valence electrons. The first-order valence-electron chi connectivity index (χ1n) is 9.79. The number of carbonyl (C=O) groups excluding carboxylic acids is 1. The Bertz CT molecular complexity index is 921. The van der Waals surface area contributed by atoms with E-state index in [-0.39, 0.29) is 11.9 Å². The number of thiophene rings is 1. The highest BCUT2D eigenvalue weighted by atomic mass is 32.1. The number of aromatic nitrogens is 2. The minimum Gasteiger partial charge on any atom is -0.355 e. The number of anilines is 1. The lowest BCUT2D eigenvalue weighted by molar-refractivity contribution is -0.121. The number of nitrogens with zero attached hydrogens (tertiary/aromatic N) is 3. The van der Waals surface area contributed by atoms with Crippen molar-refractivity contribution in [2.24, 2.45) is 5.92 Å². The van der Waals surface area contributed by atoms with Gasteiger partial charge in [0.2, 0.25) is 5.91 Å². The second-order valence-electron chi connectivity index (χ2n) is 7.68. The Morgan fingerprint density at radius 3 is 2.57 bits per heavy atom. The van der Waals surface area contributed by atoms with Gasteiger partial charge >= 0.3 is 0 Å². The smallest absolute Gasteiger partial charge is 0.221 e. The maximum Gasteiger partial charge on any atom is 0.221 e. The summed E-state index contributed by atoms with van der Waals surface area (Å²) >= 11 is 1.64. The normalized spacial score (nSPS) is 11.4. The molecule has 6 heteroatoms. The van der Waals surface area contributed by atoms with Gasteiger partial charge in [-0.3, -0.25) is 4.79 Å². The van der Waals surface area contributed by atoms with E-state index < -0.39 is 0 Å². The van der Waals surface area contributed by atoms with Crippen LogP contribution in [0.2, 0.25) is 0 Å². The predicted molar refractivity (Wildman–Crippen MR) is 118 cm³/mol. The molecule has 0 saturated carbocycles. The van der Waals surface area contributed by atoms with Crippen molar-refractivity contribution in [1.29, 1.82) is 0 Å². The first kappa shape index (κ1) is 20.3. The van der Waals surface area contributed by atoms with Gasteiger partial charge in [-0.2, -0.15) is 0 Å². The SMILES string of the molecule is CC(C)CN(CCC(=O)NC(C)C)c1nc(-c2cccs2)nc2ccccc12. The molecule has 0 bridgehead atoms. The van der Waals surface area contributed by atoms with Gasteiger partial charge in [-0.25, -0.2) is 9.97 Å². The summed E-state index contributed by atoms with van der Waals surface area (Å²) in [5.41, 5.74) is 0.927. The number of rotatable bonds is 8. The fourth-order valence-electron chi connectivity index (χ4n) is 3.17. The van der Waals surface area contributed by atoms with Crippen molar-refractivity contribution in [3.8, 4) is 10.7 Å². The molecule has 0 atom stereocenters. The Morgan fingerprint density at radius 1 is 1.11 bits per heavy atom. The minimum atomic E-state index is 0.0700. The van der Waals surface area contributed by atoms with Crippen LogP contribution in [0.25, 0.3) is 21.6 Å². The predicted octanol–water partition coefficient (Wildman–Crippen LogP) is 4.74. The lowest BCUT2D eigenvalue weighted by Crippen LogP contribution is -2.36. The van der Waals surface area contributed by atoms with Gasteiger partial charge in [0.15, 0.2) is 5.82 Å². The summed E-state index contributed by atoms with van der Waals surface area (Å²) in [5.74, 6) is 2.16. The van der Waals surface area contributed by atoms with Crippen molar-refractivity contribution in [2.45, 2.75) is 40.2 Å². The van der Waals surface area contributed by atoms with Crippen molar-refractivity contribution < 1.29 is 4.79 Å². The molecule has 1 N–H and O–H groups in total. The van der Waals surface area contributed by atoms with E-state index in [1.54, 1.807) is 11.3 Å². The average Bonchev–Trinajstić information content (AvgIpc) is 3.18. The Labute approximate surface area is 170 Å². The zero-order valence-corrected chi connectivity index (χ0v) is 17.8. The molecule has 0 fully saturated rings. The highest BCUT2D eigenvalue weighted by Gasteiger charge is 2.18. The third-order valence-electron chi connectivity index (χ3n) is 4.27. The Balaban J connectivity index is 1.99. The van der Waals surface area contributed by atoms with Gasteiger partial charge in [-0.1, -0.05) is 32.0 Å². The van der Waals surface area contributed by atoms with E-state index in [0.717, 1.165) is 34.0 Å². The molecule has 1 aromatic carbocycles. The fourth-order valence-corrected chi connectivity index (χ4v) is 3.83. The zero-order valence-electron chi connectivity index (χ0n) is 17.0. The van der Waals surface area contributed by atoms with E-state index in [2.05, 4.69) is 30.1 Å². The molecule has 3 aromatic rings. The molecular formula is C22H28N4OS. The Kier molecular flexibility index (Phi) is 6.62. The third kappa shape index (κ3) is 5.07. The lowest BCUT2D eigenvalue weighted by Gasteiger charge is -2.27. The van der Waals surface area contributed by atoms with E-state index >= 15 is 0 Å². The molecule has 0 aliphatic heterocycles. The molecule has 3 rings (SSSR count). The topological polar surface area (TPSA) is 58.1 Å². The molecule has 2 heterocycles. The maximum absolute atomic E-state index is 12.2. The van der Waals surface area contributed by atoms with Gasteiger partial charge < -0.3 is 10.2 Å².